The Kier molecular flexibility index (Phi) is 49.2. The van der Waals surface area contributed by atoms with Crippen LogP contribution in [0.1, 0.15) is 262 Å². The summed E-state index contributed by atoms with van der Waals surface area (Å²) in [5.74, 6) is 0.177. The van der Waals surface area contributed by atoms with Crippen molar-refractivity contribution >= 4 is 47.3 Å². The van der Waals surface area contributed by atoms with Crippen molar-refractivity contribution in [2.24, 2.45) is 34.1 Å². The van der Waals surface area contributed by atoms with Crippen LogP contribution in [0.3, 0.4) is 0 Å². The summed E-state index contributed by atoms with van der Waals surface area (Å²) >= 11 is 0. The lowest BCUT2D eigenvalue weighted by Crippen LogP contribution is -2.58. The van der Waals surface area contributed by atoms with Gasteiger partial charge in [0.05, 0.1) is 24.1 Å². The summed E-state index contributed by atoms with van der Waals surface area (Å²) in [6.45, 7) is 48.2. The maximum absolute atomic E-state index is 14.3. The highest BCUT2D eigenvalue weighted by molar-refractivity contribution is 5.99. The first kappa shape index (κ1) is 85.6. The van der Waals surface area contributed by atoms with E-state index in [1.807, 2.05) is 90.2 Å². The summed E-state index contributed by atoms with van der Waals surface area (Å²) in [6.07, 6.45) is 18.8. The number of aromatic nitrogens is 1. The number of carbonyl (C=O) groups is 4. The smallest absolute Gasteiger partial charge is 0.293 e. The zero-order chi connectivity index (χ0) is 67.9. The van der Waals surface area contributed by atoms with Gasteiger partial charge in [-0.2, -0.15) is 0 Å². The molecule has 506 valence electrons. The van der Waals surface area contributed by atoms with Gasteiger partial charge in [-0.1, -0.05) is 218 Å². The van der Waals surface area contributed by atoms with Gasteiger partial charge in [-0.05, 0) is 129 Å². The summed E-state index contributed by atoms with van der Waals surface area (Å²) in [4.78, 5) is 63.3. The molecule has 0 aliphatic carbocycles. The minimum atomic E-state index is -0.913. The Morgan fingerprint density at radius 3 is 1.85 bits per heavy atom. The highest BCUT2D eigenvalue weighted by Gasteiger charge is 2.35. The molecule has 2 saturated heterocycles. The zero-order valence-electron chi connectivity index (χ0n) is 60.7. The number of ether oxygens (including phenoxy) is 3. The van der Waals surface area contributed by atoms with Crippen molar-refractivity contribution < 1.29 is 33.4 Å². The molecule has 2 aromatic carbocycles. The fourth-order valence-electron chi connectivity index (χ4n) is 9.92. The molecule has 89 heavy (non-hydrogen) atoms. The van der Waals surface area contributed by atoms with Crippen molar-refractivity contribution in [1.82, 2.24) is 25.6 Å². The number of hydrogen-bond acceptors (Lipinski definition) is 10. The van der Waals surface area contributed by atoms with Crippen LogP contribution in [0.2, 0.25) is 0 Å². The maximum Gasteiger partial charge on any atom is 0.293 e. The van der Waals surface area contributed by atoms with Crippen molar-refractivity contribution in [1.29, 1.82) is 0 Å². The van der Waals surface area contributed by atoms with E-state index in [2.05, 4.69) is 139 Å². The van der Waals surface area contributed by atoms with Crippen molar-refractivity contribution in [3.63, 3.8) is 0 Å². The number of pyridine rings is 1. The van der Waals surface area contributed by atoms with Crippen LogP contribution in [0, 0.1) is 36.0 Å². The van der Waals surface area contributed by atoms with Gasteiger partial charge in [-0.3, -0.25) is 34.2 Å². The Labute approximate surface area is 544 Å². The molecule has 2 aliphatic heterocycles. The number of amides is 3. The van der Waals surface area contributed by atoms with Gasteiger partial charge in [0, 0.05) is 75.3 Å². The number of rotatable bonds is 27. The van der Waals surface area contributed by atoms with E-state index in [4.69, 9.17) is 24.2 Å². The third-order valence-electron chi connectivity index (χ3n) is 15.0. The molecule has 4 atom stereocenters. The van der Waals surface area contributed by atoms with Crippen LogP contribution in [-0.2, 0) is 39.8 Å². The van der Waals surface area contributed by atoms with Gasteiger partial charge in [-0.15, -0.1) is 0 Å². The minimum absolute atomic E-state index is 0.0179. The molecule has 2 N–H and O–H groups in total. The first-order valence-electron chi connectivity index (χ1n) is 34.2. The second-order valence-corrected chi connectivity index (χ2v) is 25.0. The number of nitrogens with one attached hydrogen (secondary N) is 2. The summed E-state index contributed by atoms with van der Waals surface area (Å²) in [7, 11) is 3.30. The largest absolute Gasteiger partial charge is 0.467 e. The van der Waals surface area contributed by atoms with Gasteiger partial charge in [0.2, 0.25) is 12.3 Å². The van der Waals surface area contributed by atoms with E-state index in [0.29, 0.717) is 32.4 Å². The summed E-state index contributed by atoms with van der Waals surface area (Å²) < 4.78 is 16.3. The molecule has 3 amide bonds. The molecule has 2 aliphatic rings. The zero-order valence-corrected chi connectivity index (χ0v) is 60.7. The van der Waals surface area contributed by atoms with Crippen LogP contribution in [0.5, 0.6) is 0 Å². The highest BCUT2D eigenvalue weighted by Crippen LogP contribution is 2.43. The first-order valence-corrected chi connectivity index (χ1v) is 34.2. The number of methoxy groups -OCH3 is 1. The lowest BCUT2D eigenvalue weighted by molar-refractivity contribution is -0.142. The second kappa shape index (κ2) is 51.2. The molecule has 2 fully saturated rings. The third-order valence-corrected chi connectivity index (χ3v) is 15.0. The number of nitrogens with zero attached hydrogens (tertiary/aromatic N) is 4. The van der Waals surface area contributed by atoms with E-state index in [0.717, 1.165) is 107 Å². The fraction of sp³-hybridized carbons (Fsp3) is 0.658. The SMILES string of the molecule is C/C=C(\N=C(CC(NC(=O)C(C(C)C)N(C)C=O)C(=O)N1CCCCN1)C(C)CC)c1ccc(C)c(/C(CC(C)(C)COC=O)=C(/c2cc(CCC)cnc2C(C)OC)C(C)C)c1.C1CCOC1.CC.CCC.CCCC.CCCC(C)C.c1ccccc1. The Balaban J connectivity index is 0. The van der Waals surface area contributed by atoms with Gasteiger partial charge in [0.1, 0.15) is 12.1 Å². The summed E-state index contributed by atoms with van der Waals surface area (Å²) in [6, 6.07) is 19.0. The Morgan fingerprint density at radius 1 is 0.843 bits per heavy atom. The van der Waals surface area contributed by atoms with Gasteiger partial charge in [0.25, 0.3) is 12.4 Å². The molecule has 4 unspecified atom stereocenters. The molecule has 0 spiro atoms. The van der Waals surface area contributed by atoms with E-state index >= 15 is 0 Å². The number of allylic oxidation sites excluding steroid dienone is 3. The lowest BCUT2D eigenvalue weighted by atomic mass is 9.76. The summed E-state index contributed by atoms with van der Waals surface area (Å²) in [5.41, 5.74) is 12.8. The van der Waals surface area contributed by atoms with Gasteiger partial charge < -0.3 is 24.4 Å². The molecule has 3 heterocycles. The van der Waals surface area contributed by atoms with E-state index in [9.17, 15) is 19.2 Å². The van der Waals surface area contributed by atoms with Gasteiger partial charge in [-0.25, -0.2) is 5.43 Å². The molecular formula is C76H130N6O7. The number of unbranched alkanes of at least 4 members (excludes halogenated alkanes) is 1. The molecular weight excluding hydrogens is 1110 g/mol. The van der Waals surface area contributed by atoms with Crippen LogP contribution in [-0.4, -0.2) is 104 Å². The normalized spacial score (nSPS) is 14.7. The first-order chi connectivity index (χ1) is 42.5. The van der Waals surface area contributed by atoms with Crippen LogP contribution in [0.25, 0.3) is 16.8 Å². The maximum atomic E-state index is 14.3. The predicted octanol–water partition coefficient (Wildman–Crippen LogP) is 18.3. The number of aryl methyl sites for hydroxylation is 2. The molecule has 1 aromatic heterocycles. The van der Waals surface area contributed by atoms with Gasteiger partial charge >= 0.3 is 0 Å². The van der Waals surface area contributed by atoms with E-state index in [-0.39, 0.29) is 48.7 Å². The molecule has 3 aromatic rings. The van der Waals surface area contributed by atoms with E-state index < -0.39 is 17.5 Å². The van der Waals surface area contributed by atoms with Crippen molar-refractivity contribution in [2.45, 2.75) is 253 Å². The number of carbonyl (C=O) groups excluding carboxylic acids is 4. The average Bonchev–Trinajstić information content (AvgIpc) is 1.02. The molecule has 0 saturated carbocycles. The number of benzene rings is 2. The minimum Gasteiger partial charge on any atom is -0.467 e. The number of likely N-dealkylation sites (N-methyl/N-ethyl adjacent to an activating group) is 1. The molecule has 13 nitrogen and oxygen atoms in total. The van der Waals surface area contributed by atoms with Crippen LogP contribution >= 0.6 is 0 Å². The molecule has 0 bridgehead atoms. The van der Waals surface area contributed by atoms with Crippen LogP contribution in [0.15, 0.2) is 77.9 Å². The van der Waals surface area contributed by atoms with Gasteiger partial charge in [0.15, 0.2) is 0 Å². The van der Waals surface area contributed by atoms with Crippen LogP contribution in [0.4, 0.5) is 0 Å². The monoisotopic (exact) mass is 1240 g/mol. The lowest BCUT2D eigenvalue weighted by Gasteiger charge is -2.34. The third kappa shape index (κ3) is 34.5. The number of hydrogen-bond donors (Lipinski definition) is 2. The highest BCUT2D eigenvalue weighted by atomic mass is 16.5. The Bertz CT molecular complexity index is 2390. The number of aliphatic imine (C=N–C) groups is 1. The van der Waals surface area contributed by atoms with Crippen molar-refractivity contribution in [3.8, 4) is 0 Å². The van der Waals surface area contributed by atoms with Crippen molar-refractivity contribution in [3.05, 3.63) is 106 Å². The predicted molar refractivity (Wildman–Crippen MR) is 380 cm³/mol. The summed E-state index contributed by atoms with van der Waals surface area (Å²) in [5, 5.41) is 4.68. The molecule has 13 heteroatoms. The standard InChI is InChI=1S/C51H78N6O6.C6H6.C6H14.C4H8O.C4H10.C3H8.C2H6/c1-15-20-38-25-41(47(52-29-38)37(10)62-14)46(33(4)5)42(28-51(11,12)30-63-32-59)40-26-39(22-21-36(40)9)43(17-3)54-44(35(8)16-2)27-45(50(61)57-24-19-18-23-53-57)55-49(60)48(34(6)7)56(13)31-58;1-2-4-6-5-3-1;1-4-5-6(2)3;1-2-4-5-3-1;1-3-4-2;1-3-2;1-2/h17,21-22,25-26,29,31-35,37,45,48,53H,15-16,18-20,23-24,27-28,30H2,1-14H3,(H,55,60);1-6H;6H,4-5H2,1-3H3;1-4H2;3-4H2,1-2H3;3H2,1-2H3;1-2H3/b43-17-,46-42+,54-44?;;;;;;. The topological polar surface area (TPSA) is 152 Å². The van der Waals surface area contributed by atoms with Crippen molar-refractivity contribution in [2.75, 3.05) is 47.1 Å². The average molecular weight is 1240 g/mol. The van der Waals surface area contributed by atoms with E-state index in [1.54, 1.807) is 19.2 Å². The molecule has 0 radical (unpaired) electrons. The Hall–Kier alpha value is -5.50. The van der Waals surface area contributed by atoms with E-state index in [1.165, 1.54) is 49.8 Å². The van der Waals surface area contributed by atoms with Crippen LogP contribution < -0.4 is 10.7 Å². The second-order valence-electron chi connectivity index (χ2n) is 25.0. The quantitative estimate of drug-likeness (QED) is 0.0561. The number of hydrazine groups is 1. The molecule has 5 rings (SSSR count). The Morgan fingerprint density at radius 2 is 1.44 bits per heavy atom. The fourth-order valence-corrected chi connectivity index (χ4v) is 9.92.